The molecular weight excluding hydrogens is 528 g/mol. The molecule has 0 unspecified atom stereocenters. The van der Waals surface area contributed by atoms with Crippen LogP contribution in [0.25, 0.3) is 0 Å². The van der Waals surface area contributed by atoms with Gasteiger partial charge in [0.1, 0.15) is 23.0 Å². The van der Waals surface area contributed by atoms with Crippen molar-refractivity contribution in [3.63, 3.8) is 0 Å². The highest BCUT2D eigenvalue weighted by atomic mass is 16.5. The Morgan fingerprint density at radius 1 is 0.535 bits per heavy atom. The lowest BCUT2D eigenvalue weighted by atomic mass is 9.80. The van der Waals surface area contributed by atoms with Gasteiger partial charge in [0.2, 0.25) is 0 Å². The predicted molar refractivity (Wildman–Crippen MR) is 179 cm³/mol. The molecule has 0 atom stereocenters. The van der Waals surface area contributed by atoms with Crippen molar-refractivity contribution in [2.24, 2.45) is 0 Å². The van der Waals surface area contributed by atoms with Gasteiger partial charge in [-0.05, 0) is 122 Å². The molecule has 43 heavy (non-hydrogen) atoms. The van der Waals surface area contributed by atoms with Crippen LogP contribution in [-0.2, 0) is 6.42 Å². The molecule has 2 aliphatic carbocycles. The molecule has 0 bridgehead atoms. The zero-order chi connectivity index (χ0) is 29.8. The van der Waals surface area contributed by atoms with E-state index in [9.17, 15) is 0 Å². The Kier molecular flexibility index (Phi) is 8.92. The first-order valence-electron chi connectivity index (χ1n) is 16.3. The highest BCUT2D eigenvalue weighted by molar-refractivity contribution is 5.56. The first kappa shape index (κ1) is 29.2. The number of aryl methyl sites for hydroxylation is 2. The van der Waals surface area contributed by atoms with Gasteiger partial charge in [-0.25, -0.2) is 0 Å². The second kappa shape index (κ2) is 13.2. The highest BCUT2D eigenvalue weighted by Gasteiger charge is 2.26. The Bertz CT molecular complexity index is 1410. The number of nitrogen functional groups attached to an aromatic ring is 2. The van der Waals surface area contributed by atoms with Crippen LogP contribution in [0.4, 0.5) is 11.4 Å². The average Bonchev–Trinajstić information content (AvgIpc) is 3.02. The molecule has 0 amide bonds. The molecule has 4 heteroatoms. The molecule has 224 valence electrons. The third-order valence-corrected chi connectivity index (χ3v) is 9.35. The second-order valence-electron chi connectivity index (χ2n) is 12.9. The van der Waals surface area contributed by atoms with Gasteiger partial charge in [0.15, 0.2) is 0 Å². The minimum Gasteiger partial charge on any atom is -0.457 e. The molecule has 2 saturated carbocycles. The summed E-state index contributed by atoms with van der Waals surface area (Å²) >= 11 is 0. The summed E-state index contributed by atoms with van der Waals surface area (Å²) in [5, 5.41) is 0. The number of ether oxygens (including phenoxy) is 2. The molecule has 2 fully saturated rings. The third kappa shape index (κ3) is 7.01. The van der Waals surface area contributed by atoms with Crippen LogP contribution in [0.2, 0.25) is 0 Å². The second-order valence-corrected chi connectivity index (χ2v) is 12.9. The molecule has 0 saturated heterocycles. The van der Waals surface area contributed by atoms with Gasteiger partial charge in [0.25, 0.3) is 0 Å². The standard InChI is InChI=1S/C39H46N2O2/c1-26-21-30(38(42-34-17-13-32(40)14-18-34)36(23-26)28-9-5-3-6-10-28)25-31-22-27(2)24-37(29-11-7-4-8-12-29)39(31)43-35-19-15-33(41)16-20-35/h13-24,28-29H,3-12,25,40-41H2,1-2H3. The van der Waals surface area contributed by atoms with E-state index in [2.05, 4.69) is 38.1 Å². The molecule has 4 aromatic carbocycles. The average molecular weight is 575 g/mol. The minimum absolute atomic E-state index is 0.511. The molecule has 4 N–H and O–H groups in total. The van der Waals surface area contributed by atoms with E-state index in [0.717, 1.165) is 40.8 Å². The van der Waals surface area contributed by atoms with E-state index in [1.54, 1.807) is 0 Å². The van der Waals surface area contributed by atoms with E-state index < -0.39 is 0 Å². The summed E-state index contributed by atoms with van der Waals surface area (Å²) in [6.07, 6.45) is 13.3. The van der Waals surface area contributed by atoms with Crippen LogP contribution in [-0.4, -0.2) is 0 Å². The van der Waals surface area contributed by atoms with Crippen molar-refractivity contribution in [3.05, 3.63) is 106 Å². The Balaban J connectivity index is 1.46. The van der Waals surface area contributed by atoms with Gasteiger partial charge >= 0.3 is 0 Å². The van der Waals surface area contributed by atoms with E-state index in [0.29, 0.717) is 11.8 Å². The van der Waals surface area contributed by atoms with Crippen molar-refractivity contribution in [2.75, 3.05) is 11.5 Å². The number of rotatable bonds is 8. The van der Waals surface area contributed by atoms with Crippen LogP contribution in [0.3, 0.4) is 0 Å². The molecule has 0 spiro atoms. The van der Waals surface area contributed by atoms with Crippen LogP contribution < -0.4 is 20.9 Å². The monoisotopic (exact) mass is 574 g/mol. The third-order valence-electron chi connectivity index (χ3n) is 9.35. The van der Waals surface area contributed by atoms with Gasteiger partial charge in [-0.2, -0.15) is 0 Å². The SMILES string of the molecule is Cc1cc(Cc2cc(C)cc(C3CCCCC3)c2Oc2ccc(N)cc2)c(Oc2ccc(N)cc2)c(C2CCCCC2)c1. The maximum atomic E-state index is 6.81. The van der Waals surface area contributed by atoms with Crippen LogP contribution in [0.15, 0.2) is 72.8 Å². The smallest absolute Gasteiger partial charge is 0.134 e. The Morgan fingerprint density at radius 2 is 0.907 bits per heavy atom. The lowest BCUT2D eigenvalue weighted by Crippen LogP contribution is -2.10. The summed E-state index contributed by atoms with van der Waals surface area (Å²) in [7, 11) is 0. The molecule has 0 radical (unpaired) electrons. The van der Waals surface area contributed by atoms with Crippen molar-refractivity contribution in [1.82, 2.24) is 0 Å². The fourth-order valence-electron chi connectivity index (χ4n) is 7.21. The number of anilines is 2. The Hall–Kier alpha value is -3.92. The number of nitrogens with two attached hydrogens (primary N) is 2. The van der Waals surface area contributed by atoms with E-state index in [4.69, 9.17) is 20.9 Å². The van der Waals surface area contributed by atoms with Crippen molar-refractivity contribution < 1.29 is 9.47 Å². The molecule has 0 aromatic heterocycles. The summed E-state index contributed by atoms with van der Waals surface area (Å²) in [6, 6.07) is 24.9. The largest absolute Gasteiger partial charge is 0.457 e. The molecular formula is C39H46N2O2. The zero-order valence-corrected chi connectivity index (χ0v) is 25.8. The molecule has 4 aromatic rings. The maximum Gasteiger partial charge on any atom is 0.134 e. The van der Waals surface area contributed by atoms with Gasteiger partial charge in [-0.15, -0.1) is 0 Å². The van der Waals surface area contributed by atoms with E-state index in [-0.39, 0.29) is 0 Å². The summed E-state index contributed by atoms with van der Waals surface area (Å²) in [4.78, 5) is 0. The lowest BCUT2D eigenvalue weighted by Gasteiger charge is -2.28. The van der Waals surface area contributed by atoms with Gasteiger partial charge < -0.3 is 20.9 Å². The van der Waals surface area contributed by atoms with Crippen molar-refractivity contribution >= 4 is 11.4 Å². The summed E-state index contributed by atoms with van der Waals surface area (Å²) < 4.78 is 13.6. The fraction of sp³-hybridized carbons (Fsp3) is 0.385. The summed E-state index contributed by atoms with van der Waals surface area (Å²) in [5.74, 6) is 4.67. The van der Waals surface area contributed by atoms with Crippen LogP contribution in [0, 0.1) is 13.8 Å². The van der Waals surface area contributed by atoms with Gasteiger partial charge in [-0.1, -0.05) is 73.9 Å². The quantitative estimate of drug-likeness (QED) is 0.205. The molecule has 0 aliphatic heterocycles. The lowest BCUT2D eigenvalue weighted by molar-refractivity contribution is 0.414. The molecule has 6 rings (SSSR count). The van der Waals surface area contributed by atoms with Crippen LogP contribution in [0.5, 0.6) is 23.0 Å². The Morgan fingerprint density at radius 3 is 1.28 bits per heavy atom. The highest BCUT2D eigenvalue weighted by Crippen LogP contribution is 2.45. The fourth-order valence-corrected chi connectivity index (χ4v) is 7.21. The first-order chi connectivity index (χ1) is 20.9. The van der Waals surface area contributed by atoms with Crippen LogP contribution >= 0.6 is 0 Å². The number of benzene rings is 4. The van der Waals surface area contributed by atoms with E-state index in [1.165, 1.54) is 97.6 Å². The van der Waals surface area contributed by atoms with Crippen LogP contribution in [0.1, 0.15) is 109 Å². The van der Waals surface area contributed by atoms with Crippen molar-refractivity contribution in [1.29, 1.82) is 0 Å². The zero-order valence-electron chi connectivity index (χ0n) is 25.8. The van der Waals surface area contributed by atoms with Gasteiger partial charge in [0.05, 0.1) is 0 Å². The number of hydrogen-bond donors (Lipinski definition) is 2. The Labute approximate surface area is 257 Å². The van der Waals surface area contributed by atoms with E-state index in [1.807, 2.05) is 48.5 Å². The maximum absolute atomic E-state index is 6.81. The topological polar surface area (TPSA) is 70.5 Å². The molecule has 4 nitrogen and oxygen atoms in total. The molecule has 2 aliphatic rings. The predicted octanol–water partition coefficient (Wildman–Crippen LogP) is 10.7. The van der Waals surface area contributed by atoms with Crippen molar-refractivity contribution in [2.45, 2.75) is 96.3 Å². The van der Waals surface area contributed by atoms with Gasteiger partial charge in [-0.3, -0.25) is 0 Å². The normalized spacial score (nSPS) is 16.2. The minimum atomic E-state index is 0.511. The van der Waals surface area contributed by atoms with Gasteiger partial charge in [0, 0.05) is 17.8 Å². The summed E-state index contributed by atoms with van der Waals surface area (Å²) in [5.41, 5.74) is 21.2. The van der Waals surface area contributed by atoms with Crippen molar-refractivity contribution in [3.8, 4) is 23.0 Å². The summed E-state index contributed by atoms with van der Waals surface area (Å²) in [6.45, 7) is 4.44. The van der Waals surface area contributed by atoms with E-state index >= 15 is 0 Å². The molecule has 0 heterocycles. The number of hydrogen-bond acceptors (Lipinski definition) is 4. The first-order valence-corrected chi connectivity index (χ1v) is 16.3.